The summed E-state index contributed by atoms with van der Waals surface area (Å²) in [6.45, 7) is 5.06. The molecule has 0 spiro atoms. The molecule has 0 radical (unpaired) electrons. The molecule has 0 saturated carbocycles. The molecule has 1 aromatic carbocycles. The summed E-state index contributed by atoms with van der Waals surface area (Å²) in [5.41, 5.74) is 8.69. The minimum Gasteiger partial charge on any atom is -0.330 e. The van der Waals surface area contributed by atoms with Crippen LogP contribution in [0.25, 0.3) is 0 Å². The smallest absolute Gasteiger partial charge is 0.00955 e. The van der Waals surface area contributed by atoms with Gasteiger partial charge in [-0.15, -0.1) is 11.3 Å². The second-order valence-corrected chi connectivity index (χ2v) is 5.92. The van der Waals surface area contributed by atoms with E-state index in [2.05, 4.69) is 55.6 Å². The van der Waals surface area contributed by atoms with Gasteiger partial charge in [0, 0.05) is 16.8 Å². The zero-order chi connectivity index (χ0) is 12.3. The summed E-state index contributed by atoms with van der Waals surface area (Å²) in [6.07, 6.45) is 1.02. The number of nitrogens with two attached hydrogens (primary N) is 1. The Balaban J connectivity index is 2.30. The molecule has 0 amide bonds. The minimum absolute atomic E-state index is 0.0386. The van der Waals surface area contributed by atoms with E-state index >= 15 is 0 Å². The first-order chi connectivity index (χ1) is 8.14. The Kier molecular flexibility index (Phi) is 3.65. The molecule has 90 valence electrons. The molecule has 2 rings (SSSR count). The average molecular weight is 245 g/mol. The Bertz CT molecular complexity index is 475. The Morgan fingerprint density at radius 1 is 1.24 bits per heavy atom. The SMILES string of the molecule is Cc1cccc(C(C)(CN)Cc2cccs2)c1. The van der Waals surface area contributed by atoms with Gasteiger partial charge in [-0.3, -0.25) is 0 Å². The van der Waals surface area contributed by atoms with Crippen LogP contribution in [0.2, 0.25) is 0 Å². The van der Waals surface area contributed by atoms with E-state index in [1.165, 1.54) is 16.0 Å². The van der Waals surface area contributed by atoms with Gasteiger partial charge >= 0.3 is 0 Å². The summed E-state index contributed by atoms with van der Waals surface area (Å²) in [4.78, 5) is 1.40. The van der Waals surface area contributed by atoms with Crippen LogP contribution in [-0.2, 0) is 11.8 Å². The Labute approximate surface area is 107 Å². The Hall–Kier alpha value is -1.12. The molecule has 0 bridgehead atoms. The van der Waals surface area contributed by atoms with Gasteiger partial charge in [0.25, 0.3) is 0 Å². The molecular weight excluding hydrogens is 226 g/mol. The molecule has 0 saturated heterocycles. The molecule has 0 aliphatic rings. The molecule has 2 heteroatoms. The molecule has 1 heterocycles. The zero-order valence-electron chi connectivity index (χ0n) is 10.4. The summed E-state index contributed by atoms with van der Waals surface area (Å²) < 4.78 is 0. The maximum absolute atomic E-state index is 6.01. The second kappa shape index (κ2) is 5.03. The van der Waals surface area contributed by atoms with Gasteiger partial charge in [-0.2, -0.15) is 0 Å². The van der Waals surface area contributed by atoms with Gasteiger partial charge < -0.3 is 5.73 Å². The summed E-state index contributed by atoms with van der Waals surface area (Å²) in [7, 11) is 0. The van der Waals surface area contributed by atoms with Crippen LogP contribution in [0, 0.1) is 6.92 Å². The third-order valence-electron chi connectivity index (χ3n) is 3.31. The molecule has 1 atom stereocenters. The quantitative estimate of drug-likeness (QED) is 0.876. The van der Waals surface area contributed by atoms with Crippen molar-refractivity contribution in [3.63, 3.8) is 0 Å². The van der Waals surface area contributed by atoms with Gasteiger partial charge in [-0.25, -0.2) is 0 Å². The highest BCUT2D eigenvalue weighted by Crippen LogP contribution is 2.29. The van der Waals surface area contributed by atoms with Gasteiger partial charge in [0.1, 0.15) is 0 Å². The van der Waals surface area contributed by atoms with Crippen LogP contribution in [0.3, 0.4) is 0 Å². The monoisotopic (exact) mass is 245 g/mol. The molecule has 0 fully saturated rings. The number of thiophene rings is 1. The molecule has 1 aromatic heterocycles. The lowest BCUT2D eigenvalue weighted by Gasteiger charge is -2.28. The molecule has 2 N–H and O–H groups in total. The van der Waals surface area contributed by atoms with E-state index in [1.54, 1.807) is 0 Å². The average Bonchev–Trinajstić information content (AvgIpc) is 2.81. The van der Waals surface area contributed by atoms with Crippen molar-refractivity contribution < 1.29 is 0 Å². The lowest BCUT2D eigenvalue weighted by Crippen LogP contribution is -2.34. The number of hydrogen-bond acceptors (Lipinski definition) is 2. The van der Waals surface area contributed by atoms with Crippen molar-refractivity contribution >= 4 is 11.3 Å². The highest BCUT2D eigenvalue weighted by Gasteiger charge is 2.25. The summed E-state index contributed by atoms with van der Waals surface area (Å²) in [6, 6.07) is 13.0. The first kappa shape index (κ1) is 12.3. The van der Waals surface area contributed by atoms with Gasteiger partial charge in [-0.05, 0) is 30.4 Å². The summed E-state index contributed by atoms with van der Waals surface area (Å²) in [5, 5.41) is 2.13. The van der Waals surface area contributed by atoms with E-state index in [9.17, 15) is 0 Å². The molecular formula is C15H19NS. The highest BCUT2D eigenvalue weighted by molar-refractivity contribution is 7.09. The number of benzene rings is 1. The first-order valence-electron chi connectivity index (χ1n) is 5.94. The standard InChI is InChI=1S/C15H19NS/c1-12-5-3-6-13(9-12)15(2,11-16)10-14-7-4-8-17-14/h3-9H,10-11,16H2,1-2H3. The van der Waals surface area contributed by atoms with Gasteiger partial charge in [-0.1, -0.05) is 42.8 Å². The van der Waals surface area contributed by atoms with Crippen molar-refractivity contribution in [3.8, 4) is 0 Å². The van der Waals surface area contributed by atoms with Crippen LogP contribution in [-0.4, -0.2) is 6.54 Å². The number of aryl methyl sites for hydroxylation is 1. The predicted octanol–water partition coefficient (Wildman–Crippen LogP) is 3.52. The molecule has 0 aliphatic heterocycles. The normalized spacial score (nSPS) is 14.5. The lowest BCUT2D eigenvalue weighted by molar-refractivity contribution is 0.484. The molecule has 17 heavy (non-hydrogen) atoms. The van der Waals surface area contributed by atoms with E-state index in [1.807, 2.05) is 11.3 Å². The third kappa shape index (κ3) is 2.76. The maximum atomic E-state index is 6.01. The van der Waals surface area contributed by atoms with E-state index in [0.717, 1.165) is 6.42 Å². The van der Waals surface area contributed by atoms with Crippen LogP contribution >= 0.6 is 11.3 Å². The molecule has 0 aliphatic carbocycles. The number of hydrogen-bond donors (Lipinski definition) is 1. The van der Waals surface area contributed by atoms with Crippen LogP contribution in [0.15, 0.2) is 41.8 Å². The van der Waals surface area contributed by atoms with Crippen molar-refractivity contribution in [2.24, 2.45) is 5.73 Å². The van der Waals surface area contributed by atoms with Gasteiger partial charge in [0.05, 0.1) is 0 Å². The highest BCUT2D eigenvalue weighted by atomic mass is 32.1. The molecule has 1 unspecified atom stereocenters. The van der Waals surface area contributed by atoms with Crippen molar-refractivity contribution in [3.05, 3.63) is 57.8 Å². The fourth-order valence-corrected chi connectivity index (χ4v) is 3.00. The zero-order valence-corrected chi connectivity index (χ0v) is 11.3. The van der Waals surface area contributed by atoms with Crippen LogP contribution in [0.1, 0.15) is 22.9 Å². The maximum Gasteiger partial charge on any atom is 0.00955 e. The third-order valence-corrected chi connectivity index (χ3v) is 4.19. The number of rotatable bonds is 4. The van der Waals surface area contributed by atoms with Crippen LogP contribution < -0.4 is 5.73 Å². The fourth-order valence-electron chi connectivity index (χ4n) is 2.11. The van der Waals surface area contributed by atoms with Crippen molar-refractivity contribution in [2.75, 3.05) is 6.54 Å². The fraction of sp³-hybridized carbons (Fsp3) is 0.333. The minimum atomic E-state index is 0.0386. The topological polar surface area (TPSA) is 26.0 Å². The van der Waals surface area contributed by atoms with E-state index in [-0.39, 0.29) is 5.41 Å². The molecule has 2 aromatic rings. The Morgan fingerprint density at radius 2 is 2.06 bits per heavy atom. The van der Waals surface area contributed by atoms with Gasteiger partial charge in [0.2, 0.25) is 0 Å². The van der Waals surface area contributed by atoms with E-state index in [4.69, 9.17) is 5.73 Å². The van der Waals surface area contributed by atoms with Crippen LogP contribution in [0.4, 0.5) is 0 Å². The van der Waals surface area contributed by atoms with Gasteiger partial charge in [0.15, 0.2) is 0 Å². The van der Waals surface area contributed by atoms with E-state index < -0.39 is 0 Å². The van der Waals surface area contributed by atoms with Crippen molar-refractivity contribution in [2.45, 2.75) is 25.7 Å². The lowest BCUT2D eigenvalue weighted by atomic mass is 9.78. The Morgan fingerprint density at radius 3 is 2.65 bits per heavy atom. The van der Waals surface area contributed by atoms with Crippen LogP contribution in [0.5, 0.6) is 0 Å². The van der Waals surface area contributed by atoms with Crippen molar-refractivity contribution in [1.82, 2.24) is 0 Å². The summed E-state index contributed by atoms with van der Waals surface area (Å²) >= 11 is 1.81. The van der Waals surface area contributed by atoms with Crippen molar-refractivity contribution in [1.29, 1.82) is 0 Å². The van der Waals surface area contributed by atoms with E-state index in [0.29, 0.717) is 6.54 Å². The summed E-state index contributed by atoms with van der Waals surface area (Å²) in [5.74, 6) is 0. The molecule has 1 nitrogen and oxygen atoms in total. The second-order valence-electron chi connectivity index (χ2n) is 4.89. The first-order valence-corrected chi connectivity index (χ1v) is 6.82. The predicted molar refractivity (Wildman–Crippen MR) is 75.6 cm³/mol. The largest absolute Gasteiger partial charge is 0.330 e.